The van der Waals surface area contributed by atoms with E-state index in [0.717, 1.165) is 47.4 Å². The number of carbonyl (C=O) groups excluding carboxylic acids is 1. The number of aryl methyl sites for hydroxylation is 3. The highest BCUT2D eigenvalue weighted by Gasteiger charge is 2.20. The zero-order valence-corrected chi connectivity index (χ0v) is 13.4. The van der Waals surface area contributed by atoms with E-state index < -0.39 is 0 Å². The number of hydrogen-bond acceptors (Lipinski definition) is 2. The van der Waals surface area contributed by atoms with Gasteiger partial charge in [0.15, 0.2) is 5.78 Å². The molecule has 2 aromatic heterocycles. The Morgan fingerprint density at radius 1 is 1.35 bits per heavy atom. The fourth-order valence-corrected chi connectivity index (χ4v) is 3.27. The largest absolute Gasteiger partial charge is 0.347 e. The fourth-order valence-electron chi connectivity index (χ4n) is 2.86. The number of Topliss-reactive ketones (excluding diaryl/α,β-unsaturated/α-hetero) is 1. The highest BCUT2D eigenvalue weighted by atomic mass is 79.9. The minimum Gasteiger partial charge on any atom is -0.347 e. The Labute approximate surface area is 126 Å². The van der Waals surface area contributed by atoms with Gasteiger partial charge in [-0.05, 0) is 48.2 Å². The zero-order valence-electron chi connectivity index (χ0n) is 11.8. The molecule has 0 saturated carbocycles. The summed E-state index contributed by atoms with van der Waals surface area (Å²) in [5, 5.41) is 4.51. The van der Waals surface area contributed by atoms with Gasteiger partial charge in [0.1, 0.15) is 0 Å². The van der Waals surface area contributed by atoms with E-state index in [1.165, 1.54) is 5.56 Å². The Balaban J connectivity index is 1.94. The third-order valence-electron chi connectivity index (χ3n) is 3.90. The van der Waals surface area contributed by atoms with Crippen molar-refractivity contribution in [3.8, 4) is 0 Å². The van der Waals surface area contributed by atoms with E-state index in [1.807, 2.05) is 17.8 Å². The van der Waals surface area contributed by atoms with E-state index in [0.29, 0.717) is 6.42 Å². The molecule has 2 heterocycles. The van der Waals surface area contributed by atoms with E-state index in [2.05, 4.69) is 38.7 Å². The Bertz CT molecular complexity index is 669. The van der Waals surface area contributed by atoms with Crippen molar-refractivity contribution >= 4 is 21.7 Å². The van der Waals surface area contributed by atoms with Crippen molar-refractivity contribution in [2.45, 2.75) is 46.2 Å². The molecule has 0 N–H and O–H groups in total. The Kier molecular flexibility index (Phi) is 3.54. The van der Waals surface area contributed by atoms with Crippen molar-refractivity contribution in [1.29, 1.82) is 0 Å². The average molecular weight is 336 g/mol. The van der Waals surface area contributed by atoms with Crippen molar-refractivity contribution in [1.82, 2.24) is 14.3 Å². The predicted molar refractivity (Wildman–Crippen MR) is 81.1 cm³/mol. The van der Waals surface area contributed by atoms with E-state index in [4.69, 9.17) is 0 Å². The lowest BCUT2D eigenvalue weighted by Gasteiger charge is -2.07. The molecule has 106 valence electrons. The normalized spacial score (nSPS) is 14.7. The minimum atomic E-state index is 0.282. The standard InChI is InChI=1S/C15H18BrN3O/c1-3-19-13(15(16)10(2)17-19)9-18-7-11-5-4-6-14(20)12(11)8-18/h7-8H,3-6,9H2,1-2H3. The van der Waals surface area contributed by atoms with Crippen LogP contribution in [0.4, 0.5) is 0 Å². The van der Waals surface area contributed by atoms with Gasteiger partial charge in [-0.15, -0.1) is 0 Å². The van der Waals surface area contributed by atoms with Crippen molar-refractivity contribution in [2.24, 2.45) is 0 Å². The van der Waals surface area contributed by atoms with E-state index >= 15 is 0 Å². The molecule has 0 fully saturated rings. The molecule has 4 nitrogen and oxygen atoms in total. The molecule has 0 saturated heterocycles. The number of fused-ring (bicyclic) bond motifs is 1. The molecule has 3 rings (SSSR count). The van der Waals surface area contributed by atoms with Gasteiger partial charge >= 0.3 is 0 Å². The second-order valence-electron chi connectivity index (χ2n) is 5.31. The lowest BCUT2D eigenvalue weighted by atomic mass is 9.95. The SMILES string of the molecule is CCn1nc(C)c(Br)c1Cn1cc2c(c1)C(=O)CCC2. The number of halogens is 1. The highest BCUT2D eigenvalue weighted by Crippen LogP contribution is 2.25. The van der Waals surface area contributed by atoms with Crippen molar-refractivity contribution < 1.29 is 4.79 Å². The molecule has 5 heteroatoms. The van der Waals surface area contributed by atoms with Gasteiger partial charge in [0.05, 0.1) is 22.4 Å². The van der Waals surface area contributed by atoms with Gasteiger partial charge in [-0.3, -0.25) is 9.48 Å². The van der Waals surface area contributed by atoms with Crippen LogP contribution in [-0.4, -0.2) is 20.1 Å². The van der Waals surface area contributed by atoms with Crippen LogP contribution < -0.4 is 0 Å². The van der Waals surface area contributed by atoms with Crippen LogP contribution >= 0.6 is 15.9 Å². The summed E-state index contributed by atoms with van der Waals surface area (Å²) < 4.78 is 5.19. The lowest BCUT2D eigenvalue weighted by molar-refractivity contribution is 0.0973. The first-order chi connectivity index (χ1) is 9.60. The van der Waals surface area contributed by atoms with Gasteiger partial charge in [0.2, 0.25) is 0 Å². The summed E-state index contributed by atoms with van der Waals surface area (Å²) in [5.41, 5.74) is 4.27. The summed E-state index contributed by atoms with van der Waals surface area (Å²) in [6, 6.07) is 0. The summed E-state index contributed by atoms with van der Waals surface area (Å²) in [6.07, 6.45) is 6.78. The van der Waals surface area contributed by atoms with E-state index in [9.17, 15) is 4.79 Å². The molecule has 0 radical (unpaired) electrons. The van der Waals surface area contributed by atoms with Crippen LogP contribution in [0.3, 0.4) is 0 Å². The number of hydrogen-bond donors (Lipinski definition) is 0. The van der Waals surface area contributed by atoms with Gasteiger partial charge < -0.3 is 4.57 Å². The molecule has 0 aromatic carbocycles. The number of rotatable bonds is 3. The summed E-state index contributed by atoms with van der Waals surface area (Å²) >= 11 is 3.62. The maximum absolute atomic E-state index is 11.9. The molecule has 0 aliphatic heterocycles. The first-order valence-corrected chi connectivity index (χ1v) is 7.83. The van der Waals surface area contributed by atoms with Gasteiger partial charge in [-0.25, -0.2) is 0 Å². The molecule has 1 aliphatic rings. The van der Waals surface area contributed by atoms with Crippen LogP contribution in [0.1, 0.15) is 47.1 Å². The molecular formula is C15H18BrN3O. The van der Waals surface area contributed by atoms with E-state index in [1.54, 1.807) is 0 Å². The Morgan fingerprint density at radius 2 is 2.15 bits per heavy atom. The molecule has 1 aliphatic carbocycles. The maximum Gasteiger partial charge on any atom is 0.164 e. The molecule has 2 aromatic rings. The molecule has 0 spiro atoms. The maximum atomic E-state index is 11.9. The van der Waals surface area contributed by atoms with Gasteiger partial charge in [0, 0.05) is 30.9 Å². The van der Waals surface area contributed by atoms with Gasteiger partial charge in [-0.2, -0.15) is 5.10 Å². The van der Waals surface area contributed by atoms with Crippen LogP contribution in [0.5, 0.6) is 0 Å². The summed E-state index contributed by atoms with van der Waals surface area (Å²) in [4.78, 5) is 11.9. The third kappa shape index (κ3) is 2.24. The fraction of sp³-hybridized carbons (Fsp3) is 0.467. The highest BCUT2D eigenvalue weighted by molar-refractivity contribution is 9.10. The average Bonchev–Trinajstić information content (AvgIpc) is 2.96. The van der Waals surface area contributed by atoms with Crippen LogP contribution in [0.15, 0.2) is 16.9 Å². The molecule has 0 amide bonds. The van der Waals surface area contributed by atoms with Crippen LogP contribution in [0.25, 0.3) is 0 Å². The number of ketones is 1. The van der Waals surface area contributed by atoms with Crippen LogP contribution in [0.2, 0.25) is 0 Å². The number of carbonyl (C=O) groups is 1. The first-order valence-electron chi connectivity index (χ1n) is 7.03. The molecular weight excluding hydrogens is 318 g/mol. The second-order valence-corrected chi connectivity index (χ2v) is 6.10. The molecule has 20 heavy (non-hydrogen) atoms. The number of aromatic nitrogens is 3. The second kappa shape index (κ2) is 5.20. The topological polar surface area (TPSA) is 39.8 Å². The monoisotopic (exact) mass is 335 g/mol. The zero-order chi connectivity index (χ0) is 14.3. The summed E-state index contributed by atoms with van der Waals surface area (Å²) in [6.45, 7) is 5.69. The van der Waals surface area contributed by atoms with Gasteiger partial charge in [-0.1, -0.05) is 0 Å². The lowest BCUT2D eigenvalue weighted by Crippen LogP contribution is -2.08. The third-order valence-corrected chi connectivity index (χ3v) is 4.93. The van der Waals surface area contributed by atoms with E-state index in [-0.39, 0.29) is 5.78 Å². The van der Waals surface area contributed by atoms with Crippen molar-refractivity contribution in [3.05, 3.63) is 39.4 Å². The van der Waals surface area contributed by atoms with Crippen LogP contribution in [0, 0.1) is 6.92 Å². The summed E-state index contributed by atoms with van der Waals surface area (Å²) in [5.74, 6) is 0.282. The smallest absolute Gasteiger partial charge is 0.164 e. The predicted octanol–water partition coefficient (Wildman–Crippen LogP) is 3.34. The Hall–Kier alpha value is -1.36. The van der Waals surface area contributed by atoms with Crippen LogP contribution in [-0.2, 0) is 19.5 Å². The number of nitrogens with zero attached hydrogens (tertiary/aromatic N) is 3. The molecule has 0 bridgehead atoms. The minimum absolute atomic E-state index is 0.282. The molecule has 0 unspecified atom stereocenters. The van der Waals surface area contributed by atoms with Crippen molar-refractivity contribution in [2.75, 3.05) is 0 Å². The Morgan fingerprint density at radius 3 is 2.85 bits per heavy atom. The van der Waals surface area contributed by atoms with Crippen molar-refractivity contribution in [3.63, 3.8) is 0 Å². The summed E-state index contributed by atoms with van der Waals surface area (Å²) in [7, 11) is 0. The first kappa shape index (κ1) is 13.6. The molecule has 0 atom stereocenters. The van der Waals surface area contributed by atoms with Gasteiger partial charge in [0.25, 0.3) is 0 Å². The quantitative estimate of drug-likeness (QED) is 0.862.